The van der Waals surface area contributed by atoms with E-state index in [4.69, 9.17) is 18.3 Å². The quantitative estimate of drug-likeness (QED) is 0.323. The van der Waals surface area contributed by atoms with Crippen LogP contribution in [0.3, 0.4) is 0 Å². The standard InChI is InChI=1S/C14H28NO5P/c1-6-11-12-13(14(16)17-7-2)15-21(18-8-3,19-9-4)20-10-5/h12H,6-11H2,1-5H3/b13-12+. The summed E-state index contributed by atoms with van der Waals surface area (Å²) in [6.07, 6.45) is 3.37. The summed E-state index contributed by atoms with van der Waals surface area (Å²) in [5, 5.41) is 0. The van der Waals surface area contributed by atoms with E-state index in [0.29, 0.717) is 26.4 Å². The molecule has 0 bridgehead atoms. The molecule has 0 aliphatic carbocycles. The largest absolute Gasteiger partial charge is 0.461 e. The minimum Gasteiger partial charge on any atom is -0.461 e. The first-order chi connectivity index (χ1) is 10.1. The van der Waals surface area contributed by atoms with E-state index in [1.807, 2.05) is 27.7 Å². The second-order valence-corrected chi connectivity index (χ2v) is 5.83. The Balaban J connectivity index is 5.60. The number of nitrogens with zero attached hydrogens (tertiary/aromatic N) is 1. The fourth-order valence-corrected chi connectivity index (χ4v) is 3.27. The molecule has 6 nitrogen and oxygen atoms in total. The van der Waals surface area contributed by atoms with Gasteiger partial charge < -0.3 is 18.3 Å². The van der Waals surface area contributed by atoms with Gasteiger partial charge in [-0.1, -0.05) is 19.4 Å². The Kier molecular flexibility index (Phi) is 11.5. The molecule has 0 unspecified atom stereocenters. The molecule has 0 saturated heterocycles. The van der Waals surface area contributed by atoms with Crippen LogP contribution in [-0.2, 0) is 23.1 Å². The zero-order chi connectivity index (χ0) is 16.1. The number of esters is 1. The van der Waals surface area contributed by atoms with Crippen molar-refractivity contribution in [2.75, 3.05) is 26.4 Å². The third kappa shape index (κ3) is 7.77. The zero-order valence-corrected chi connectivity index (χ0v) is 14.7. The van der Waals surface area contributed by atoms with Crippen LogP contribution in [0, 0.1) is 0 Å². The highest BCUT2D eigenvalue weighted by Crippen LogP contribution is 2.54. The Bertz CT molecular complexity index is 358. The topological polar surface area (TPSA) is 66.3 Å². The summed E-state index contributed by atoms with van der Waals surface area (Å²) < 4.78 is 26.2. The molecule has 0 saturated carbocycles. The fourth-order valence-electron chi connectivity index (χ4n) is 1.47. The number of hydrogen-bond acceptors (Lipinski definition) is 6. The average Bonchev–Trinajstić information content (AvgIpc) is 2.44. The normalized spacial score (nSPS) is 12.3. The molecular formula is C14H28NO5P. The van der Waals surface area contributed by atoms with E-state index >= 15 is 0 Å². The molecule has 0 radical (unpaired) electrons. The van der Waals surface area contributed by atoms with Crippen molar-refractivity contribution in [1.29, 1.82) is 0 Å². The third-order valence-electron chi connectivity index (χ3n) is 2.22. The van der Waals surface area contributed by atoms with Crippen LogP contribution < -0.4 is 0 Å². The lowest BCUT2D eigenvalue weighted by Gasteiger charge is -2.22. The van der Waals surface area contributed by atoms with Crippen LogP contribution in [0.1, 0.15) is 47.5 Å². The molecule has 0 spiro atoms. The van der Waals surface area contributed by atoms with E-state index in [1.165, 1.54) is 0 Å². The maximum Gasteiger partial charge on any atom is 0.360 e. The summed E-state index contributed by atoms with van der Waals surface area (Å²) in [5.74, 6) is -0.477. The molecule has 21 heavy (non-hydrogen) atoms. The number of carbonyl (C=O) groups excluding carboxylic acids is 1. The van der Waals surface area contributed by atoms with Crippen LogP contribution in [0.15, 0.2) is 16.5 Å². The van der Waals surface area contributed by atoms with Gasteiger partial charge in [0.05, 0.1) is 26.4 Å². The van der Waals surface area contributed by atoms with Gasteiger partial charge in [-0.25, -0.2) is 4.79 Å². The Labute approximate surface area is 128 Å². The van der Waals surface area contributed by atoms with Crippen LogP contribution in [0.25, 0.3) is 0 Å². The van der Waals surface area contributed by atoms with Crippen molar-refractivity contribution in [2.24, 2.45) is 4.74 Å². The third-order valence-corrected chi connectivity index (χ3v) is 4.43. The summed E-state index contributed by atoms with van der Waals surface area (Å²) >= 11 is 0. The van der Waals surface area contributed by atoms with Crippen LogP contribution in [0.5, 0.6) is 0 Å². The summed E-state index contributed by atoms with van der Waals surface area (Å²) in [4.78, 5) is 12.0. The number of rotatable bonds is 11. The van der Waals surface area contributed by atoms with Crippen LogP contribution in [0.2, 0.25) is 0 Å². The van der Waals surface area contributed by atoms with Gasteiger partial charge in [0.2, 0.25) is 0 Å². The fraction of sp³-hybridized carbons (Fsp3) is 0.786. The summed E-state index contributed by atoms with van der Waals surface area (Å²) in [5.41, 5.74) is 0.211. The molecule has 0 rings (SSSR count). The minimum absolute atomic E-state index is 0.211. The molecule has 0 amide bonds. The van der Waals surface area contributed by atoms with Crippen molar-refractivity contribution in [3.8, 4) is 0 Å². The number of carbonyl (C=O) groups is 1. The average molecular weight is 321 g/mol. The number of allylic oxidation sites excluding steroid dienone is 1. The molecule has 7 heteroatoms. The van der Waals surface area contributed by atoms with E-state index in [0.717, 1.165) is 12.8 Å². The van der Waals surface area contributed by atoms with E-state index in [9.17, 15) is 4.79 Å². The highest BCUT2D eigenvalue weighted by Gasteiger charge is 2.25. The Morgan fingerprint density at radius 3 is 1.86 bits per heavy atom. The highest BCUT2D eigenvalue weighted by molar-refractivity contribution is 7.51. The number of ether oxygens (including phenoxy) is 1. The van der Waals surface area contributed by atoms with Crippen LogP contribution in [-0.4, -0.2) is 32.4 Å². The molecule has 0 N–H and O–H groups in total. The molecule has 0 aromatic rings. The van der Waals surface area contributed by atoms with Gasteiger partial charge in [0.25, 0.3) is 0 Å². The first-order valence-electron chi connectivity index (χ1n) is 7.52. The van der Waals surface area contributed by atoms with Gasteiger partial charge in [-0.05, 0) is 34.1 Å². The molecule has 0 heterocycles. The first-order valence-corrected chi connectivity index (χ1v) is 9.01. The lowest BCUT2D eigenvalue weighted by atomic mass is 10.3. The van der Waals surface area contributed by atoms with Gasteiger partial charge in [0, 0.05) is 0 Å². The SMILES string of the molecule is CCC/C=C(/N=P(OCC)(OCC)OCC)C(=O)OCC. The Morgan fingerprint density at radius 2 is 1.48 bits per heavy atom. The first kappa shape index (κ1) is 20.3. The maximum atomic E-state index is 12.0. The van der Waals surface area contributed by atoms with Gasteiger partial charge in [-0.3, -0.25) is 0 Å². The number of hydrogen-bond donors (Lipinski definition) is 0. The van der Waals surface area contributed by atoms with E-state index in [-0.39, 0.29) is 5.70 Å². The lowest BCUT2D eigenvalue weighted by molar-refractivity contribution is -0.138. The van der Waals surface area contributed by atoms with Crippen molar-refractivity contribution in [3.63, 3.8) is 0 Å². The summed E-state index contributed by atoms with van der Waals surface area (Å²) in [6.45, 7) is 10.7. The van der Waals surface area contributed by atoms with Crippen LogP contribution >= 0.6 is 7.74 Å². The lowest BCUT2D eigenvalue weighted by Crippen LogP contribution is -2.08. The zero-order valence-electron chi connectivity index (χ0n) is 13.8. The summed E-state index contributed by atoms with van der Waals surface area (Å²) in [6, 6.07) is 0. The molecule has 124 valence electrons. The molecule has 0 fully saturated rings. The molecule has 0 atom stereocenters. The molecule has 0 aromatic carbocycles. The molecule has 0 aromatic heterocycles. The smallest absolute Gasteiger partial charge is 0.360 e. The van der Waals surface area contributed by atoms with E-state index in [2.05, 4.69) is 4.74 Å². The monoisotopic (exact) mass is 321 g/mol. The number of unbranched alkanes of at least 4 members (excludes halogenated alkanes) is 1. The Hall–Kier alpha value is -0.680. The summed E-state index contributed by atoms with van der Waals surface area (Å²) in [7, 11) is -2.91. The van der Waals surface area contributed by atoms with Gasteiger partial charge in [-0.2, -0.15) is 4.74 Å². The highest BCUT2D eigenvalue weighted by atomic mass is 31.2. The van der Waals surface area contributed by atoms with Crippen molar-refractivity contribution in [3.05, 3.63) is 11.8 Å². The second-order valence-electron chi connectivity index (χ2n) is 3.92. The maximum absolute atomic E-state index is 12.0. The predicted octanol–water partition coefficient (Wildman–Crippen LogP) is 4.29. The van der Waals surface area contributed by atoms with E-state index < -0.39 is 13.7 Å². The van der Waals surface area contributed by atoms with Crippen LogP contribution in [0.4, 0.5) is 0 Å². The molecular weight excluding hydrogens is 293 g/mol. The van der Waals surface area contributed by atoms with E-state index in [1.54, 1.807) is 13.0 Å². The predicted molar refractivity (Wildman–Crippen MR) is 83.9 cm³/mol. The van der Waals surface area contributed by atoms with Crippen molar-refractivity contribution in [2.45, 2.75) is 47.5 Å². The molecule has 0 aliphatic rings. The van der Waals surface area contributed by atoms with Gasteiger partial charge in [-0.15, -0.1) is 0 Å². The molecule has 0 aliphatic heterocycles. The minimum atomic E-state index is -2.91. The van der Waals surface area contributed by atoms with Crippen molar-refractivity contribution >= 4 is 13.7 Å². The van der Waals surface area contributed by atoms with Crippen molar-refractivity contribution in [1.82, 2.24) is 0 Å². The van der Waals surface area contributed by atoms with Gasteiger partial charge in [0.15, 0.2) is 0 Å². The van der Waals surface area contributed by atoms with Gasteiger partial charge in [0.1, 0.15) is 5.70 Å². The van der Waals surface area contributed by atoms with Gasteiger partial charge >= 0.3 is 13.7 Å². The Morgan fingerprint density at radius 1 is 0.952 bits per heavy atom. The van der Waals surface area contributed by atoms with Crippen molar-refractivity contribution < 1.29 is 23.1 Å². The second kappa shape index (κ2) is 11.9.